The molecule has 712 valence electrons. The molecule has 0 saturated heterocycles. The van der Waals surface area contributed by atoms with E-state index in [4.69, 9.17) is 45.0 Å². The Kier molecular flexibility index (Phi) is 45.1. The van der Waals surface area contributed by atoms with E-state index >= 15 is 0 Å². The third kappa shape index (κ3) is 36.6. The highest BCUT2D eigenvalue weighted by molar-refractivity contribution is 6.07. The van der Waals surface area contributed by atoms with Crippen molar-refractivity contribution in [1.29, 1.82) is 0 Å². The van der Waals surface area contributed by atoms with Gasteiger partial charge in [0.2, 0.25) is 12.2 Å². The molecule has 0 spiro atoms. The van der Waals surface area contributed by atoms with Crippen LogP contribution in [0.4, 0.5) is 5.69 Å². The van der Waals surface area contributed by atoms with E-state index in [0.717, 1.165) is 121 Å². The van der Waals surface area contributed by atoms with Gasteiger partial charge in [-0.1, -0.05) is 164 Å². The number of ether oxygens (including phenoxy) is 7. The third-order valence-corrected chi connectivity index (χ3v) is 19.3. The number of aldehydes is 2. The Morgan fingerprint density at radius 1 is 0.500 bits per heavy atom. The fraction of sp³-hybridized carbons (Fsp3) is 0.221. The van der Waals surface area contributed by atoms with Crippen LogP contribution in [0, 0.1) is 5.41 Å². The number of para-hydroxylation sites is 7. The van der Waals surface area contributed by atoms with Crippen molar-refractivity contribution >= 4 is 150 Å². The number of fused-ring (bicyclic) bond motifs is 7. The summed E-state index contributed by atoms with van der Waals surface area (Å²) in [7, 11) is 7.98. The first-order chi connectivity index (χ1) is 66.8. The number of carbonyl (C=O) groups is 9. The van der Waals surface area contributed by atoms with Crippen LogP contribution in [0.15, 0.2) is 280 Å². The number of rotatable bonds is 19. The lowest BCUT2D eigenvalue weighted by Gasteiger charge is -2.30. The molecule has 6 aromatic heterocycles. The van der Waals surface area contributed by atoms with Gasteiger partial charge in [0.25, 0.3) is 11.8 Å². The molecule has 2 atom stereocenters. The molecule has 138 heavy (non-hydrogen) atoms. The van der Waals surface area contributed by atoms with Gasteiger partial charge in [0.15, 0.2) is 47.5 Å². The number of carboxylic acid groups (broad SMARTS) is 1. The van der Waals surface area contributed by atoms with E-state index in [1.54, 1.807) is 118 Å². The van der Waals surface area contributed by atoms with Crippen molar-refractivity contribution in [3.8, 4) is 0 Å². The molecule has 34 nitrogen and oxygen atoms in total. The molecule has 9 heterocycles. The van der Waals surface area contributed by atoms with Gasteiger partial charge < -0.3 is 65.2 Å². The maximum absolute atomic E-state index is 12.0. The molecule has 14 aromatic rings. The van der Waals surface area contributed by atoms with Crippen molar-refractivity contribution in [2.45, 2.75) is 91.7 Å². The van der Waals surface area contributed by atoms with E-state index in [2.05, 4.69) is 99.4 Å². The second-order valence-corrected chi connectivity index (χ2v) is 30.3. The second kappa shape index (κ2) is 58.1. The van der Waals surface area contributed by atoms with Crippen molar-refractivity contribution < 1.29 is 81.4 Å². The average Bonchev–Trinajstić information content (AvgIpc) is 0.830. The molecule has 17 rings (SSSR count). The van der Waals surface area contributed by atoms with Crippen molar-refractivity contribution in [2.24, 2.45) is 11.1 Å². The lowest BCUT2D eigenvalue weighted by atomic mass is 9.95. The number of nitrogen functional groups attached to an aromatic ring is 1. The first-order valence-electron chi connectivity index (χ1n) is 43.3. The maximum atomic E-state index is 12.0. The number of methoxy groups -OCH3 is 5. The van der Waals surface area contributed by atoms with Crippen molar-refractivity contribution in [3.63, 3.8) is 0 Å². The van der Waals surface area contributed by atoms with Crippen molar-refractivity contribution in [2.75, 3.05) is 61.0 Å². The van der Waals surface area contributed by atoms with Crippen LogP contribution in [0.25, 0.3) is 89.7 Å². The summed E-state index contributed by atoms with van der Waals surface area (Å²) in [4.78, 5) is 149. The number of hydrogen-bond acceptors (Lipinski definition) is 31. The molecule has 0 bridgehead atoms. The predicted molar refractivity (Wildman–Crippen MR) is 527 cm³/mol. The van der Waals surface area contributed by atoms with Crippen LogP contribution in [0.1, 0.15) is 110 Å². The Morgan fingerprint density at radius 3 is 1.30 bits per heavy atom. The third-order valence-electron chi connectivity index (χ3n) is 19.3. The zero-order valence-electron chi connectivity index (χ0n) is 77.9. The number of carbonyl (C=O) groups excluding carboxylic acids is 8. The predicted octanol–water partition coefficient (Wildman–Crippen LogP) is 14.3. The van der Waals surface area contributed by atoms with Crippen LogP contribution in [0.3, 0.4) is 0 Å². The van der Waals surface area contributed by atoms with Gasteiger partial charge in [-0.2, -0.15) is 0 Å². The summed E-state index contributed by atoms with van der Waals surface area (Å²) in [5.74, 6) is -0.793. The Morgan fingerprint density at radius 2 is 0.913 bits per heavy atom. The number of aliphatic carboxylic acids is 1. The lowest BCUT2D eigenvalue weighted by Crippen LogP contribution is -2.46. The van der Waals surface area contributed by atoms with E-state index < -0.39 is 29.6 Å². The van der Waals surface area contributed by atoms with Crippen LogP contribution in [-0.4, -0.2) is 198 Å². The molecule has 0 saturated carbocycles. The summed E-state index contributed by atoms with van der Waals surface area (Å²) >= 11 is 0. The number of hydrogen-bond donors (Lipinski definition) is 5. The van der Waals surface area contributed by atoms with Gasteiger partial charge in [-0.3, -0.25) is 28.9 Å². The SMILES string of the molecule is CC(C)(C)C(=O)OC(=O)/C=C/c1ncc2ccccc2n1.CCOC(=O)/C=C/c1ncc2ccccc2n1.COC(C)C=O.COC(OC)C1Cc2ccccc2CN1.COC(OC)c1ncc2ccccc2n1.NCc1ccccc1N.O=C(O)/C=C/c1ncc2ccccc2n1.O=C1C=CCCN1.O=C1C=CCCN1C(=O)/C=C/c1ncc2ccccc2n1.O=Cc1ncc2ccccc2n1. The van der Waals surface area contributed by atoms with Crippen LogP contribution >= 0.6 is 0 Å². The Balaban J connectivity index is 0.000000191. The summed E-state index contributed by atoms with van der Waals surface area (Å²) in [6.07, 6.45) is 30.6. The minimum atomic E-state index is -1.01. The molecule has 0 aliphatic carbocycles. The van der Waals surface area contributed by atoms with Crippen LogP contribution in [0.5, 0.6) is 0 Å². The minimum Gasteiger partial charge on any atom is -0.478 e. The average molecular weight is 1870 g/mol. The summed E-state index contributed by atoms with van der Waals surface area (Å²) in [5.41, 5.74) is 19.7. The van der Waals surface area contributed by atoms with E-state index in [1.807, 2.05) is 176 Å². The number of imide groups is 1. The largest absolute Gasteiger partial charge is 0.478 e. The van der Waals surface area contributed by atoms with Gasteiger partial charge in [-0.15, -0.1) is 0 Å². The quantitative estimate of drug-likeness (QED) is 0.0125. The van der Waals surface area contributed by atoms with Gasteiger partial charge in [0.1, 0.15) is 12.4 Å². The molecule has 0 fully saturated rings. The molecule has 2 unspecified atom stereocenters. The zero-order chi connectivity index (χ0) is 99.4. The molecule has 34 heteroatoms. The first-order valence-corrected chi connectivity index (χ1v) is 43.3. The molecule has 0 radical (unpaired) electrons. The number of carboxylic acids is 1. The molecule has 3 amide bonds. The standard InChI is InChI=1S/C16H13N3O2.C16H16N2O3.C13H12N2O2.C12H17NO2.C11H12N2O2.C11H8N2O2.C9H6N2O.C7H10N2.C5H7NO.C4H8O2/c20-15-7-3-4-10-19(15)16(21)9-8-14-17-11-12-5-1-2-6-13(12)18-14;1-16(2,3)15(20)21-14(19)9-8-13-17-10-11-6-4-5-7-12(11)18-13;1-2-17-13(16)8-7-12-14-9-10-5-3-4-6-11(10)15-12;1-14-12(15-2)11-7-9-5-3-4-6-10(9)8-13-11;1-14-11(15-2)10-12-7-8-5-3-4-6-9(8)13-10;14-11(15)6-5-10-12-7-8-3-1-2-4-9(8)13-10;12-6-9-10-5-7-3-1-2-4-8(7)11-9;8-5-6-3-1-2-4-7(6)9;7-5-3-1-2-4-6-5;1-4(3-5)6-2/h1-3,5-9,11H,4,10H2;4-10H,1-3H3;3-9H,2H2,1H3;3-6,11-13H,7-8H2,1-2H3;3-7,11H,1-2H3;1-7H,(H,14,15);1-6H;1-4H,5,8-9H2;1,3H,2,4H2,(H,6,7);3-4H,1-2H3/b2*9-8+;8-7+;;;6-5+;;;;. The highest BCUT2D eigenvalue weighted by Gasteiger charge is 2.27. The molecule has 3 aliphatic rings. The van der Waals surface area contributed by atoms with Crippen LogP contribution < -0.4 is 22.1 Å². The number of anilines is 1. The molecule has 7 N–H and O–H groups in total. The number of nitrogens with zero attached hydrogens (tertiary/aromatic N) is 13. The van der Waals surface area contributed by atoms with E-state index in [1.165, 1.54) is 59.6 Å². The molecular weight excluding hydrogens is 1760 g/mol. The van der Waals surface area contributed by atoms with Gasteiger partial charge in [0, 0.05) is 161 Å². The Bertz CT molecular complexity index is 6580. The van der Waals surface area contributed by atoms with Gasteiger partial charge in [0.05, 0.1) is 51.2 Å². The number of aromatic nitrogens is 12. The Labute approximate surface area is 797 Å². The normalized spacial score (nSPS) is 13.1. The maximum Gasteiger partial charge on any atom is 0.338 e. The first kappa shape index (κ1) is 107. The van der Waals surface area contributed by atoms with Crippen molar-refractivity contribution in [1.82, 2.24) is 75.3 Å². The summed E-state index contributed by atoms with van der Waals surface area (Å²) in [5, 5.41) is 20.3. The van der Waals surface area contributed by atoms with Gasteiger partial charge in [-0.25, -0.2) is 74.2 Å². The number of benzene rings is 8. The number of nitrogens with one attached hydrogen (secondary N) is 2. The topological polar surface area (TPSA) is 472 Å². The van der Waals surface area contributed by atoms with Gasteiger partial charge in [-0.05, 0) is 149 Å². The summed E-state index contributed by atoms with van der Waals surface area (Å²) in [6, 6.07) is 62.0. The van der Waals surface area contributed by atoms with Gasteiger partial charge >= 0.3 is 23.9 Å². The second-order valence-electron chi connectivity index (χ2n) is 30.3. The van der Waals surface area contributed by atoms with E-state index in [-0.39, 0.29) is 48.0 Å². The minimum absolute atomic E-state index is 0.0336. The molecule has 3 aliphatic heterocycles. The monoisotopic (exact) mass is 1870 g/mol. The fourth-order valence-electron chi connectivity index (χ4n) is 12.1. The lowest BCUT2D eigenvalue weighted by molar-refractivity contribution is -0.162. The highest BCUT2D eigenvalue weighted by atomic mass is 16.7. The molecule has 8 aromatic carbocycles. The van der Waals surface area contributed by atoms with E-state index in [0.29, 0.717) is 61.5 Å². The zero-order valence-corrected chi connectivity index (χ0v) is 77.9. The fourth-order valence-corrected chi connectivity index (χ4v) is 12.1. The van der Waals surface area contributed by atoms with Crippen molar-refractivity contribution in [3.05, 3.63) is 332 Å². The summed E-state index contributed by atoms with van der Waals surface area (Å²) < 4.78 is 34.7. The van der Waals surface area contributed by atoms with Crippen LogP contribution in [-0.2, 0) is 91.0 Å². The number of amides is 3. The number of esters is 3. The number of nitrogens with two attached hydrogens (primary N) is 2. The summed E-state index contributed by atoms with van der Waals surface area (Å²) in [6.45, 7) is 11.5. The highest BCUT2D eigenvalue weighted by Crippen LogP contribution is 2.23. The van der Waals surface area contributed by atoms with Crippen LogP contribution in [0.2, 0.25) is 0 Å². The van der Waals surface area contributed by atoms with E-state index in [9.17, 15) is 43.2 Å². The smallest absolute Gasteiger partial charge is 0.338 e. The Hall–Kier alpha value is -16.2. The molecular formula is C104H109N17O17.